The lowest BCUT2D eigenvalue weighted by Gasteiger charge is -2.14. The van der Waals surface area contributed by atoms with Crippen molar-refractivity contribution < 1.29 is 6.22 Å². The molecule has 0 bridgehead atoms. The summed E-state index contributed by atoms with van der Waals surface area (Å²) >= 11 is 0. The van der Waals surface area contributed by atoms with E-state index in [9.17, 15) is 4.79 Å². The zero-order chi connectivity index (χ0) is 15.2. The van der Waals surface area contributed by atoms with Crippen LogP contribution in [0.2, 0.25) is 0 Å². The minimum atomic E-state index is 0. The summed E-state index contributed by atoms with van der Waals surface area (Å²) in [5, 5.41) is 3.08. The molecule has 0 aromatic rings. The largest absolute Gasteiger partial charge is 0.352 e. The molecule has 2 saturated carbocycles. The number of carbonyl (C=O) groups is 1. The van der Waals surface area contributed by atoms with E-state index in [2.05, 4.69) is 48.7 Å². The number of unbranched alkanes of at least 4 members (excludes halogenated alkanes) is 1. The molecule has 4 unspecified atom stereocenters. The van der Waals surface area contributed by atoms with Gasteiger partial charge in [-0.25, -0.2) is 0 Å². The molecular formula is C20H27NO. The number of allylic oxidation sites excluding steroid dienone is 6. The third-order valence-electron chi connectivity index (χ3n) is 6.05. The van der Waals surface area contributed by atoms with Gasteiger partial charge in [0.05, 0.1) is 0 Å². The van der Waals surface area contributed by atoms with Crippen molar-refractivity contribution in [2.75, 3.05) is 6.54 Å². The van der Waals surface area contributed by atoms with Gasteiger partial charge in [-0.1, -0.05) is 55.9 Å². The van der Waals surface area contributed by atoms with Crippen LogP contribution in [-0.2, 0) is 4.79 Å². The van der Waals surface area contributed by atoms with Gasteiger partial charge in [-0.3, -0.25) is 4.79 Å². The number of hydrogen-bond acceptors (Lipinski definition) is 1. The summed E-state index contributed by atoms with van der Waals surface area (Å²) in [5.41, 5.74) is 1.69. The van der Waals surface area contributed by atoms with E-state index in [1.54, 1.807) is 0 Å². The summed E-state index contributed by atoms with van der Waals surface area (Å²) in [5.74, 6) is 1.49. The van der Waals surface area contributed by atoms with E-state index in [0.717, 1.165) is 24.5 Å². The lowest BCUT2D eigenvalue weighted by Crippen LogP contribution is -2.26. The van der Waals surface area contributed by atoms with Crippen molar-refractivity contribution in [2.24, 2.45) is 22.7 Å². The van der Waals surface area contributed by atoms with Gasteiger partial charge >= 0.3 is 0 Å². The molecule has 0 radical (unpaired) electrons. The number of hydrogen-bond donors (Lipinski definition) is 1. The fraction of sp³-hybridized carbons (Fsp3) is 0.550. The molecule has 0 aliphatic heterocycles. The minimum absolute atomic E-state index is 0. The Balaban J connectivity index is 0.00000156. The highest BCUT2D eigenvalue weighted by Crippen LogP contribution is 2.59. The van der Waals surface area contributed by atoms with Crippen LogP contribution in [0.4, 0.5) is 0 Å². The van der Waals surface area contributed by atoms with Crippen molar-refractivity contribution in [3.8, 4) is 0 Å². The fourth-order valence-electron chi connectivity index (χ4n) is 4.06. The topological polar surface area (TPSA) is 29.1 Å². The van der Waals surface area contributed by atoms with Crippen LogP contribution < -0.4 is 5.32 Å². The summed E-state index contributed by atoms with van der Waals surface area (Å²) in [6.07, 6.45) is 21.5. The molecule has 2 nitrogen and oxygen atoms in total. The quantitative estimate of drug-likeness (QED) is 0.732. The molecule has 4 atom stereocenters. The lowest BCUT2D eigenvalue weighted by atomic mass is 9.93. The summed E-state index contributed by atoms with van der Waals surface area (Å²) in [6, 6.07) is 0. The van der Waals surface area contributed by atoms with E-state index >= 15 is 0 Å². The van der Waals surface area contributed by atoms with Crippen LogP contribution in [0.25, 0.3) is 0 Å². The maximum Gasteiger partial charge on any atom is 0.250 e. The van der Waals surface area contributed by atoms with Gasteiger partial charge in [-0.2, -0.15) is 0 Å². The first kappa shape index (κ1) is 14.0. The Hall–Kier alpha value is -1.57. The van der Waals surface area contributed by atoms with E-state index in [-0.39, 0.29) is 7.33 Å². The van der Waals surface area contributed by atoms with Gasteiger partial charge in [0.1, 0.15) is 0 Å². The van der Waals surface area contributed by atoms with E-state index in [1.165, 1.54) is 25.7 Å². The van der Waals surface area contributed by atoms with Crippen LogP contribution in [0.3, 0.4) is 0 Å². The third-order valence-corrected chi connectivity index (χ3v) is 6.05. The highest BCUT2D eigenvalue weighted by Gasteiger charge is 2.50. The summed E-state index contributed by atoms with van der Waals surface area (Å²) in [7, 11) is 0. The van der Waals surface area contributed by atoms with Gasteiger partial charge in [0.25, 0.3) is 5.91 Å². The van der Waals surface area contributed by atoms with Crippen LogP contribution in [0.1, 0.15) is 40.5 Å². The van der Waals surface area contributed by atoms with Gasteiger partial charge in [0, 0.05) is 13.5 Å². The van der Waals surface area contributed by atoms with Gasteiger partial charge in [-0.05, 0) is 48.3 Å². The molecule has 0 aromatic heterocycles. The Morgan fingerprint density at radius 2 is 2.18 bits per heavy atom. The second-order valence-corrected chi connectivity index (χ2v) is 7.77. The van der Waals surface area contributed by atoms with Gasteiger partial charge in [-0.15, -0.1) is 0 Å². The molecular weight excluding hydrogens is 270 g/mol. The molecule has 22 heavy (non-hydrogen) atoms. The van der Waals surface area contributed by atoms with Gasteiger partial charge < -0.3 is 5.32 Å². The van der Waals surface area contributed by atoms with E-state index < -0.39 is 0 Å². The van der Waals surface area contributed by atoms with E-state index in [1.807, 2.05) is 6.08 Å². The number of fused-ring (bicyclic) bond motifs is 2. The fourth-order valence-corrected chi connectivity index (χ4v) is 4.06. The first-order valence-corrected chi connectivity index (χ1v) is 8.67. The third kappa shape index (κ3) is 2.49. The predicted molar refractivity (Wildman–Crippen MR) is 91.2 cm³/mol. The lowest BCUT2D eigenvalue weighted by molar-refractivity contribution is -0.117. The number of nitrogens with one attached hydrogen (secondary N) is 1. The zero-order valence-electron chi connectivity index (χ0n) is 13.3. The summed E-state index contributed by atoms with van der Waals surface area (Å²) in [4.78, 5) is 12.2. The molecule has 1 N–H and O–H groups in total. The molecule has 2 fully saturated rings. The predicted octanol–water partition coefficient (Wildman–Crippen LogP) is 4.17. The maximum absolute atomic E-state index is 12.2. The number of rotatable bonds is 6. The van der Waals surface area contributed by atoms with E-state index in [0.29, 0.717) is 16.7 Å². The van der Waals surface area contributed by atoms with Crippen molar-refractivity contribution >= 4 is 5.91 Å². The molecule has 0 heterocycles. The van der Waals surface area contributed by atoms with Crippen LogP contribution in [0, 0.1) is 22.7 Å². The van der Waals surface area contributed by atoms with Crippen molar-refractivity contribution in [2.45, 2.75) is 39.0 Å². The van der Waals surface area contributed by atoms with Gasteiger partial charge in [0.2, 0.25) is 0 Å². The Morgan fingerprint density at radius 3 is 3.00 bits per heavy atom. The Kier molecular flexibility index (Phi) is 3.18. The molecule has 4 aliphatic rings. The van der Waals surface area contributed by atoms with Crippen LogP contribution in [0.5, 0.6) is 0 Å². The second-order valence-electron chi connectivity index (χ2n) is 7.77. The number of amides is 1. The van der Waals surface area contributed by atoms with Crippen LogP contribution in [0.15, 0.2) is 48.1 Å². The second kappa shape index (κ2) is 4.97. The maximum atomic E-state index is 12.2. The normalized spacial score (nSPS) is 39.8. The van der Waals surface area contributed by atoms with E-state index in [4.69, 9.17) is 0 Å². The molecule has 0 aromatic carbocycles. The molecule has 4 rings (SSSR count). The number of carbonyl (C=O) groups excluding carboxylic acids is 1. The molecule has 4 aliphatic carbocycles. The Morgan fingerprint density at radius 1 is 1.27 bits per heavy atom. The summed E-state index contributed by atoms with van der Waals surface area (Å²) < 4.78 is 0. The zero-order valence-corrected chi connectivity index (χ0v) is 13.3. The van der Waals surface area contributed by atoms with Crippen molar-refractivity contribution in [3.63, 3.8) is 0 Å². The molecule has 118 valence electrons. The Labute approximate surface area is 134 Å². The monoisotopic (exact) mass is 297 g/mol. The first-order valence-electron chi connectivity index (χ1n) is 8.67. The molecule has 0 spiro atoms. The molecule has 2 heteroatoms. The molecule has 1 amide bonds. The average Bonchev–Trinajstić information content (AvgIpc) is 3.38. The average molecular weight is 297 g/mol. The first-order chi connectivity index (χ1) is 10.6. The minimum Gasteiger partial charge on any atom is -0.352 e. The molecule has 0 saturated heterocycles. The highest BCUT2D eigenvalue weighted by atomic mass is 16.1. The summed E-state index contributed by atoms with van der Waals surface area (Å²) in [6.45, 7) is 3.06. The van der Waals surface area contributed by atoms with Crippen molar-refractivity contribution in [1.82, 2.24) is 5.32 Å². The highest BCUT2D eigenvalue weighted by molar-refractivity contribution is 5.96. The standard InChI is InChI=1S/C20H25NO.H2/c1-19-10-7-15(12-17(19)13-19)18(22)21-11-5-4-9-20-8-3-2-6-16(20)14-20;/h2-3,6-8,10,12,16-17H,4-5,9,11,13-14H2,1H3,(H,21,22);1H. The van der Waals surface area contributed by atoms with Gasteiger partial charge in [0.15, 0.2) is 0 Å². The Bertz CT molecular complexity index is 617. The van der Waals surface area contributed by atoms with Crippen LogP contribution >= 0.6 is 0 Å². The van der Waals surface area contributed by atoms with Crippen molar-refractivity contribution in [1.29, 1.82) is 0 Å². The SMILES string of the molecule is CC12C=CC(C(=O)NCCCCC34C=CC=CC3C4)=CC1C2.[HH]. The van der Waals surface area contributed by atoms with Crippen LogP contribution in [-0.4, -0.2) is 12.5 Å². The smallest absolute Gasteiger partial charge is 0.250 e. The van der Waals surface area contributed by atoms with Crippen molar-refractivity contribution in [3.05, 3.63) is 48.1 Å².